The van der Waals surface area contributed by atoms with Crippen molar-refractivity contribution in [3.8, 4) is 0 Å². The van der Waals surface area contributed by atoms with Crippen molar-refractivity contribution in [3.63, 3.8) is 0 Å². The highest BCUT2D eigenvalue weighted by atomic mass is 16.4. The van der Waals surface area contributed by atoms with Gasteiger partial charge in [-0.25, -0.2) is 4.79 Å². The molecule has 1 rings (SSSR count). The number of carboxylic acids is 1. The van der Waals surface area contributed by atoms with Gasteiger partial charge in [0.1, 0.15) is 0 Å². The van der Waals surface area contributed by atoms with Crippen LogP contribution >= 0.6 is 0 Å². The molecule has 1 aliphatic carbocycles. The zero-order valence-corrected chi connectivity index (χ0v) is 13.2. The van der Waals surface area contributed by atoms with Crippen LogP contribution in [0.1, 0.15) is 51.9 Å². The number of carbonyl (C=O) groups excluding carboxylic acids is 1. The topological polar surface area (TPSA) is 81.1 Å². The molecule has 2 amide bonds. The molecular formula is C15H28N2O4. The highest BCUT2D eigenvalue weighted by Crippen LogP contribution is 2.36. The molecule has 0 unspecified atom stereocenters. The minimum absolute atomic E-state index is 0.00674. The number of aliphatic hydroxyl groups is 1. The van der Waals surface area contributed by atoms with Crippen molar-refractivity contribution in [2.75, 3.05) is 26.7 Å². The first kappa shape index (κ1) is 17.8. The summed E-state index contributed by atoms with van der Waals surface area (Å²) in [4.78, 5) is 27.2. The summed E-state index contributed by atoms with van der Waals surface area (Å²) in [5.41, 5.74) is -0.562. The third kappa shape index (κ3) is 4.59. The molecule has 21 heavy (non-hydrogen) atoms. The third-order valence-electron chi connectivity index (χ3n) is 4.50. The third-order valence-corrected chi connectivity index (χ3v) is 4.50. The van der Waals surface area contributed by atoms with E-state index in [-0.39, 0.29) is 19.1 Å². The van der Waals surface area contributed by atoms with Crippen LogP contribution in [0.4, 0.5) is 4.79 Å². The lowest BCUT2D eigenvalue weighted by molar-refractivity contribution is -0.140. The summed E-state index contributed by atoms with van der Waals surface area (Å²) >= 11 is 0. The molecule has 2 N–H and O–H groups in total. The average Bonchev–Trinajstić information content (AvgIpc) is 2.47. The fourth-order valence-corrected chi connectivity index (χ4v) is 3.19. The zero-order valence-electron chi connectivity index (χ0n) is 13.2. The van der Waals surface area contributed by atoms with Gasteiger partial charge in [0.15, 0.2) is 0 Å². The number of amides is 2. The summed E-state index contributed by atoms with van der Waals surface area (Å²) in [6.45, 7) is 3.01. The highest BCUT2D eigenvalue weighted by molar-refractivity contribution is 5.77. The minimum atomic E-state index is -0.852. The van der Waals surface area contributed by atoms with E-state index < -0.39 is 11.5 Å². The summed E-state index contributed by atoms with van der Waals surface area (Å²) in [5.74, 6) is -0.852. The normalized spacial score (nSPS) is 17.3. The largest absolute Gasteiger partial charge is 0.481 e. The van der Waals surface area contributed by atoms with Gasteiger partial charge in [-0.1, -0.05) is 19.3 Å². The summed E-state index contributed by atoms with van der Waals surface area (Å²) in [7, 11) is 1.72. The smallest absolute Gasteiger partial charge is 0.320 e. The number of hydrogen-bond acceptors (Lipinski definition) is 3. The predicted molar refractivity (Wildman–Crippen MR) is 80.2 cm³/mol. The fourth-order valence-electron chi connectivity index (χ4n) is 3.19. The van der Waals surface area contributed by atoms with E-state index in [0.29, 0.717) is 19.5 Å². The standard InChI is InChI=1S/C15H28N2O4/c1-3-17(10-7-11-18)14(21)16(2)15(12-13(19)20)8-5-4-6-9-15/h18H,3-12H2,1-2H3,(H,19,20). The molecular weight excluding hydrogens is 272 g/mol. The Balaban J connectivity index is 2.85. The van der Waals surface area contributed by atoms with Gasteiger partial charge < -0.3 is 20.0 Å². The first-order valence-corrected chi connectivity index (χ1v) is 7.82. The maximum absolute atomic E-state index is 12.6. The molecule has 0 aliphatic heterocycles. The molecule has 0 radical (unpaired) electrons. The quantitative estimate of drug-likeness (QED) is 0.752. The van der Waals surface area contributed by atoms with E-state index in [4.69, 9.17) is 5.11 Å². The molecule has 0 saturated heterocycles. The van der Waals surface area contributed by atoms with Crippen molar-refractivity contribution >= 4 is 12.0 Å². The number of urea groups is 1. The maximum atomic E-state index is 12.6. The maximum Gasteiger partial charge on any atom is 0.320 e. The van der Waals surface area contributed by atoms with Crippen LogP contribution in [0.2, 0.25) is 0 Å². The number of carbonyl (C=O) groups is 2. The van der Waals surface area contributed by atoms with Crippen LogP contribution in [0.15, 0.2) is 0 Å². The molecule has 0 spiro atoms. The minimum Gasteiger partial charge on any atom is -0.481 e. The predicted octanol–water partition coefficient (Wildman–Crippen LogP) is 1.92. The van der Waals surface area contributed by atoms with Gasteiger partial charge in [0.25, 0.3) is 0 Å². The van der Waals surface area contributed by atoms with Gasteiger partial charge >= 0.3 is 12.0 Å². The number of nitrogens with zero attached hydrogens (tertiary/aromatic N) is 2. The first-order valence-electron chi connectivity index (χ1n) is 7.82. The van der Waals surface area contributed by atoms with Gasteiger partial charge in [0.2, 0.25) is 0 Å². The van der Waals surface area contributed by atoms with Crippen LogP contribution in [-0.2, 0) is 4.79 Å². The number of aliphatic carboxylic acids is 1. The summed E-state index contributed by atoms with van der Waals surface area (Å²) in [5, 5.41) is 18.1. The van der Waals surface area contributed by atoms with E-state index >= 15 is 0 Å². The molecule has 1 aliphatic rings. The van der Waals surface area contributed by atoms with Crippen molar-refractivity contribution in [2.45, 2.75) is 57.4 Å². The Kier molecular flexibility index (Phi) is 6.95. The molecule has 0 bridgehead atoms. The van der Waals surface area contributed by atoms with Crippen LogP contribution in [0, 0.1) is 0 Å². The number of carboxylic acid groups (broad SMARTS) is 1. The molecule has 0 aromatic heterocycles. The van der Waals surface area contributed by atoms with Crippen molar-refractivity contribution in [2.24, 2.45) is 0 Å². The van der Waals surface area contributed by atoms with Crippen molar-refractivity contribution in [3.05, 3.63) is 0 Å². The summed E-state index contributed by atoms with van der Waals surface area (Å²) < 4.78 is 0. The van der Waals surface area contributed by atoms with Crippen molar-refractivity contribution in [1.82, 2.24) is 9.80 Å². The fraction of sp³-hybridized carbons (Fsp3) is 0.867. The Morgan fingerprint density at radius 1 is 1.19 bits per heavy atom. The lowest BCUT2D eigenvalue weighted by Gasteiger charge is -2.45. The SMILES string of the molecule is CCN(CCCO)C(=O)N(C)C1(CC(=O)O)CCCCC1. The Morgan fingerprint density at radius 3 is 2.29 bits per heavy atom. The molecule has 0 atom stereocenters. The van der Waals surface area contributed by atoms with Gasteiger partial charge in [-0.3, -0.25) is 4.79 Å². The number of hydrogen-bond donors (Lipinski definition) is 2. The summed E-state index contributed by atoms with van der Waals surface area (Å²) in [6, 6.07) is -0.130. The second kappa shape index (κ2) is 8.22. The Hall–Kier alpha value is -1.30. The van der Waals surface area contributed by atoms with Crippen LogP contribution in [-0.4, -0.2) is 64.3 Å². The van der Waals surface area contributed by atoms with Gasteiger partial charge in [0.05, 0.1) is 12.0 Å². The molecule has 0 aromatic carbocycles. The number of rotatable bonds is 7. The Bertz CT molecular complexity index is 354. The van der Waals surface area contributed by atoms with E-state index in [1.54, 1.807) is 16.8 Å². The van der Waals surface area contributed by atoms with Gasteiger partial charge in [0, 0.05) is 26.7 Å². The lowest BCUT2D eigenvalue weighted by Crippen LogP contribution is -2.56. The zero-order chi connectivity index (χ0) is 15.9. The van der Waals surface area contributed by atoms with Crippen molar-refractivity contribution in [1.29, 1.82) is 0 Å². The molecule has 6 nitrogen and oxygen atoms in total. The van der Waals surface area contributed by atoms with Crippen molar-refractivity contribution < 1.29 is 19.8 Å². The Labute approximate surface area is 126 Å². The monoisotopic (exact) mass is 300 g/mol. The average molecular weight is 300 g/mol. The van der Waals surface area contributed by atoms with E-state index in [2.05, 4.69) is 0 Å². The van der Waals surface area contributed by atoms with Crippen LogP contribution in [0.3, 0.4) is 0 Å². The van der Waals surface area contributed by atoms with Gasteiger partial charge in [-0.2, -0.15) is 0 Å². The van der Waals surface area contributed by atoms with E-state index in [1.165, 1.54) is 0 Å². The second-order valence-electron chi connectivity index (χ2n) is 5.85. The van der Waals surface area contributed by atoms with E-state index in [1.807, 2.05) is 6.92 Å². The van der Waals surface area contributed by atoms with Crippen LogP contribution < -0.4 is 0 Å². The second-order valence-corrected chi connectivity index (χ2v) is 5.85. The highest BCUT2D eigenvalue weighted by Gasteiger charge is 2.41. The van der Waals surface area contributed by atoms with Gasteiger partial charge in [-0.05, 0) is 26.2 Å². The molecule has 1 fully saturated rings. The molecule has 0 heterocycles. The Morgan fingerprint density at radius 2 is 1.81 bits per heavy atom. The molecule has 0 aromatic rings. The summed E-state index contributed by atoms with van der Waals surface area (Å²) in [6.07, 6.45) is 5.08. The van der Waals surface area contributed by atoms with Crippen LogP contribution in [0.5, 0.6) is 0 Å². The number of aliphatic hydroxyl groups excluding tert-OH is 1. The molecule has 6 heteroatoms. The first-order chi connectivity index (χ1) is 9.96. The lowest BCUT2D eigenvalue weighted by atomic mass is 9.78. The van der Waals surface area contributed by atoms with E-state index in [9.17, 15) is 14.7 Å². The molecule has 122 valence electrons. The van der Waals surface area contributed by atoms with Gasteiger partial charge in [-0.15, -0.1) is 0 Å². The molecule has 1 saturated carbocycles. The van der Waals surface area contributed by atoms with Crippen LogP contribution in [0.25, 0.3) is 0 Å². The van der Waals surface area contributed by atoms with E-state index in [0.717, 1.165) is 32.1 Å².